The number of carboxylic acids is 1. The highest BCUT2D eigenvalue weighted by molar-refractivity contribution is 5.90. The lowest BCUT2D eigenvalue weighted by Crippen LogP contribution is -2.53. The molecule has 3 atom stereocenters. The van der Waals surface area contributed by atoms with Gasteiger partial charge in [0.25, 0.3) is 0 Å². The van der Waals surface area contributed by atoms with E-state index in [-0.39, 0.29) is 12.8 Å². The molecular weight excluding hydrogens is 329 g/mol. The first-order chi connectivity index (χ1) is 11.7. The lowest BCUT2D eigenvalue weighted by atomic mass is 9.98. The molecule has 2 amide bonds. The van der Waals surface area contributed by atoms with Crippen LogP contribution in [0.4, 0.5) is 4.39 Å². The predicted molar refractivity (Wildman–Crippen MR) is 86.7 cm³/mol. The van der Waals surface area contributed by atoms with Crippen LogP contribution in [0.25, 0.3) is 0 Å². The van der Waals surface area contributed by atoms with E-state index >= 15 is 0 Å². The third-order valence-electron chi connectivity index (χ3n) is 3.59. The highest BCUT2D eigenvalue weighted by Crippen LogP contribution is 2.10. The number of carbonyl (C=O) groups excluding carboxylic acids is 2. The largest absolute Gasteiger partial charge is 0.480 e. The summed E-state index contributed by atoms with van der Waals surface area (Å²) in [6.07, 6.45) is 0.0324. The van der Waals surface area contributed by atoms with Crippen molar-refractivity contribution < 1.29 is 23.9 Å². The maximum atomic E-state index is 13.0. The number of nitrogens with zero attached hydrogens (tertiary/aromatic N) is 1. The van der Waals surface area contributed by atoms with Crippen LogP contribution < -0.4 is 10.6 Å². The van der Waals surface area contributed by atoms with E-state index < -0.39 is 41.6 Å². The first-order valence-electron chi connectivity index (χ1n) is 7.66. The number of aliphatic carboxylic acids is 1. The van der Waals surface area contributed by atoms with E-state index in [9.17, 15) is 23.9 Å². The van der Waals surface area contributed by atoms with Crippen LogP contribution in [0, 0.1) is 23.1 Å². The number of rotatable bonds is 8. The average Bonchev–Trinajstić information content (AvgIpc) is 2.53. The second-order valence-corrected chi connectivity index (χ2v) is 5.75. The molecule has 1 aromatic rings. The van der Waals surface area contributed by atoms with Gasteiger partial charge in [0.1, 0.15) is 17.9 Å². The van der Waals surface area contributed by atoms with Crippen LogP contribution in [-0.2, 0) is 20.8 Å². The van der Waals surface area contributed by atoms with Crippen molar-refractivity contribution in [3.8, 4) is 6.07 Å². The third kappa shape index (κ3) is 6.59. The molecule has 0 heterocycles. The summed E-state index contributed by atoms with van der Waals surface area (Å²) in [6, 6.07) is 5.01. The highest BCUT2D eigenvalue weighted by Gasteiger charge is 2.30. The molecule has 0 fully saturated rings. The summed E-state index contributed by atoms with van der Waals surface area (Å²) in [5.74, 6) is -3.44. The Morgan fingerprint density at radius 2 is 1.84 bits per heavy atom. The van der Waals surface area contributed by atoms with Crippen molar-refractivity contribution in [2.24, 2.45) is 5.92 Å². The minimum Gasteiger partial charge on any atom is -0.480 e. The van der Waals surface area contributed by atoms with Gasteiger partial charge in [0.2, 0.25) is 11.8 Å². The quantitative estimate of drug-likeness (QED) is 0.647. The summed E-state index contributed by atoms with van der Waals surface area (Å²) >= 11 is 0. The molecule has 0 spiro atoms. The Morgan fingerprint density at radius 3 is 2.32 bits per heavy atom. The Bertz CT molecular complexity index is 669. The van der Waals surface area contributed by atoms with Crippen molar-refractivity contribution in [1.82, 2.24) is 10.6 Å². The third-order valence-corrected chi connectivity index (χ3v) is 3.59. The number of hydrogen-bond acceptors (Lipinski definition) is 4. The minimum atomic E-state index is -1.26. The lowest BCUT2D eigenvalue weighted by molar-refractivity contribution is -0.143. The van der Waals surface area contributed by atoms with Crippen LogP contribution in [-0.4, -0.2) is 35.0 Å². The highest BCUT2D eigenvalue weighted by atomic mass is 19.1. The van der Waals surface area contributed by atoms with Crippen LogP contribution in [0.5, 0.6) is 0 Å². The zero-order valence-electron chi connectivity index (χ0n) is 14.0. The van der Waals surface area contributed by atoms with Crippen molar-refractivity contribution in [3.63, 3.8) is 0 Å². The van der Waals surface area contributed by atoms with Gasteiger partial charge in [-0.2, -0.15) is 5.26 Å². The summed E-state index contributed by atoms with van der Waals surface area (Å²) < 4.78 is 13.0. The smallest absolute Gasteiger partial charge is 0.326 e. The van der Waals surface area contributed by atoms with Crippen LogP contribution in [0.1, 0.15) is 25.8 Å². The molecule has 0 aromatic heterocycles. The standard InChI is InChI=1S/C17H20FN3O4/c1-10(7-8-19)15(17(24)25)21-16(23)14(20-11(2)22)9-12-3-5-13(18)6-4-12/h3-6,10,14-15H,7,9H2,1-2H3,(H,20,22)(H,21,23)(H,24,25)/t10-,14+,15+/m0/s1. The van der Waals surface area contributed by atoms with Gasteiger partial charge < -0.3 is 15.7 Å². The van der Waals surface area contributed by atoms with Crippen molar-refractivity contribution in [3.05, 3.63) is 35.6 Å². The van der Waals surface area contributed by atoms with E-state index in [0.717, 1.165) is 0 Å². The van der Waals surface area contributed by atoms with Crippen LogP contribution >= 0.6 is 0 Å². The number of benzene rings is 1. The van der Waals surface area contributed by atoms with Crippen LogP contribution in [0.2, 0.25) is 0 Å². The van der Waals surface area contributed by atoms with Crippen molar-refractivity contribution in [2.75, 3.05) is 0 Å². The molecule has 7 nitrogen and oxygen atoms in total. The van der Waals surface area contributed by atoms with Crippen LogP contribution in [0.15, 0.2) is 24.3 Å². The fourth-order valence-electron chi connectivity index (χ4n) is 2.27. The monoisotopic (exact) mass is 349 g/mol. The number of nitriles is 1. The summed E-state index contributed by atoms with van der Waals surface area (Å²) in [6.45, 7) is 2.77. The first kappa shape index (κ1) is 20.1. The summed E-state index contributed by atoms with van der Waals surface area (Å²) in [5, 5.41) is 22.8. The number of amides is 2. The molecule has 0 bridgehead atoms. The van der Waals surface area contributed by atoms with Gasteiger partial charge in [-0.25, -0.2) is 9.18 Å². The number of hydrogen-bond donors (Lipinski definition) is 3. The van der Waals surface area contributed by atoms with Gasteiger partial charge in [-0.05, 0) is 17.7 Å². The molecule has 0 unspecified atom stereocenters. The molecule has 8 heteroatoms. The minimum absolute atomic E-state index is 0.0417. The summed E-state index contributed by atoms with van der Waals surface area (Å²) in [7, 11) is 0. The molecule has 0 radical (unpaired) electrons. The molecule has 25 heavy (non-hydrogen) atoms. The van der Waals surface area contributed by atoms with Gasteiger partial charge in [-0.3, -0.25) is 9.59 Å². The topological polar surface area (TPSA) is 119 Å². The Kier molecular flexibility index (Phi) is 7.53. The number of nitrogens with one attached hydrogen (secondary N) is 2. The first-order valence-corrected chi connectivity index (χ1v) is 7.66. The molecule has 3 N–H and O–H groups in total. The Labute approximate surface area is 144 Å². The van der Waals surface area contributed by atoms with E-state index in [0.29, 0.717) is 5.56 Å². The summed E-state index contributed by atoms with van der Waals surface area (Å²) in [5.41, 5.74) is 0.604. The summed E-state index contributed by atoms with van der Waals surface area (Å²) in [4.78, 5) is 35.1. The molecule has 0 aliphatic rings. The molecule has 1 aromatic carbocycles. The number of halogens is 1. The molecule has 134 valence electrons. The van der Waals surface area contributed by atoms with Crippen LogP contribution in [0.3, 0.4) is 0 Å². The van der Waals surface area contributed by atoms with E-state index in [1.165, 1.54) is 38.1 Å². The Balaban J connectivity index is 2.91. The second kappa shape index (κ2) is 9.37. The average molecular weight is 349 g/mol. The fraction of sp³-hybridized carbons (Fsp3) is 0.412. The number of carboxylic acid groups (broad SMARTS) is 1. The zero-order valence-corrected chi connectivity index (χ0v) is 14.0. The molecule has 0 aliphatic heterocycles. The number of carbonyl (C=O) groups is 3. The van der Waals surface area contributed by atoms with Gasteiger partial charge in [0.05, 0.1) is 6.07 Å². The van der Waals surface area contributed by atoms with E-state index in [4.69, 9.17) is 5.26 Å². The van der Waals surface area contributed by atoms with E-state index in [1.54, 1.807) is 0 Å². The Morgan fingerprint density at radius 1 is 1.24 bits per heavy atom. The van der Waals surface area contributed by atoms with Gasteiger partial charge in [-0.15, -0.1) is 0 Å². The zero-order chi connectivity index (χ0) is 19.0. The van der Waals surface area contributed by atoms with Gasteiger partial charge >= 0.3 is 5.97 Å². The van der Waals surface area contributed by atoms with Gasteiger partial charge in [0.15, 0.2) is 0 Å². The predicted octanol–water partition coefficient (Wildman–Crippen LogP) is 0.992. The van der Waals surface area contributed by atoms with Crippen molar-refractivity contribution in [1.29, 1.82) is 5.26 Å². The molecule has 1 rings (SSSR count). The maximum Gasteiger partial charge on any atom is 0.326 e. The van der Waals surface area contributed by atoms with E-state index in [1.807, 2.05) is 6.07 Å². The normalized spacial score (nSPS) is 13.8. The Hall–Kier alpha value is -2.95. The SMILES string of the molecule is CC(=O)N[C@H](Cc1ccc(F)cc1)C(=O)N[C@@H](C(=O)O)[C@@H](C)CC#N. The fourth-order valence-corrected chi connectivity index (χ4v) is 2.27. The molecular formula is C17H20FN3O4. The molecule has 0 saturated carbocycles. The van der Waals surface area contributed by atoms with E-state index in [2.05, 4.69) is 10.6 Å². The maximum absolute atomic E-state index is 13.0. The van der Waals surface area contributed by atoms with Crippen molar-refractivity contribution in [2.45, 2.75) is 38.8 Å². The van der Waals surface area contributed by atoms with Gasteiger partial charge in [0, 0.05) is 25.7 Å². The molecule has 0 aliphatic carbocycles. The lowest BCUT2D eigenvalue weighted by Gasteiger charge is -2.23. The molecule has 0 saturated heterocycles. The van der Waals surface area contributed by atoms with Crippen molar-refractivity contribution >= 4 is 17.8 Å². The second-order valence-electron chi connectivity index (χ2n) is 5.75. The van der Waals surface area contributed by atoms with Gasteiger partial charge in [-0.1, -0.05) is 19.1 Å².